The van der Waals surface area contributed by atoms with Crippen molar-refractivity contribution in [2.24, 2.45) is 5.11 Å². The number of carbonyl (C=O) groups is 1. The second-order valence-electron chi connectivity index (χ2n) is 4.04. The Kier molecular flexibility index (Phi) is 7.13. The molecule has 0 saturated carbocycles. The molecule has 1 atom stereocenters. The van der Waals surface area contributed by atoms with Gasteiger partial charge in [0.25, 0.3) is 0 Å². The van der Waals surface area contributed by atoms with Crippen LogP contribution in [0.5, 0.6) is 0 Å². The molecule has 0 saturated heterocycles. The number of nitrogens with one attached hydrogen (secondary N) is 1. The van der Waals surface area contributed by atoms with Gasteiger partial charge in [-0.3, -0.25) is 0 Å². The molecule has 0 aliphatic rings. The zero-order chi connectivity index (χ0) is 14.8. The molecule has 108 valence electrons. The average molecular weight is 278 g/mol. The number of carbonyl (C=O) groups excluding carboxylic acids is 1. The Morgan fingerprint density at radius 2 is 2.30 bits per heavy atom. The summed E-state index contributed by atoms with van der Waals surface area (Å²) in [6.07, 6.45) is 0. The van der Waals surface area contributed by atoms with Crippen LogP contribution in [0.1, 0.15) is 17.2 Å². The maximum absolute atomic E-state index is 11.8. The van der Waals surface area contributed by atoms with Crippen LogP contribution in [0.4, 0.5) is 0 Å². The third-order valence-corrected chi connectivity index (χ3v) is 2.66. The van der Waals surface area contributed by atoms with Gasteiger partial charge in [0, 0.05) is 25.1 Å². The van der Waals surface area contributed by atoms with E-state index < -0.39 is 6.04 Å². The van der Waals surface area contributed by atoms with Gasteiger partial charge < -0.3 is 14.8 Å². The summed E-state index contributed by atoms with van der Waals surface area (Å²) < 4.78 is 9.86. The van der Waals surface area contributed by atoms with Crippen molar-refractivity contribution in [1.82, 2.24) is 5.32 Å². The third kappa shape index (κ3) is 4.89. The summed E-state index contributed by atoms with van der Waals surface area (Å²) in [7, 11) is 2.95. The lowest BCUT2D eigenvalue weighted by atomic mass is 10.0. The molecule has 1 rings (SSSR count). The molecule has 1 unspecified atom stereocenters. The number of azide groups is 1. The van der Waals surface area contributed by atoms with E-state index in [4.69, 9.17) is 15.0 Å². The lowest BCUT2D eigenvalue weighted by Crippen LogP contribution is -2.31. The van der Waals surface area contributed by atoms with E-state index in [1.54, 1.807) is 7.11 Å². The first-order chi connectivity index (χ1) is 9.72. The normalized spacial score (nSPS) is 11.5. The van der Waals surface area contributed by atoms with Crippen molar-refractivity contribution in [3.63, 3.8) is 0 Å². The van der Waals surface area contributed by atoms with E-state index in [0.717, 1.165) is 11.1 Å². The molecule has 0 radical (unpaired) electrons. The Morgan fingerprint density at radius 1 is 1.50 bits per heavy atom. The van der Waals surface area contributed by atoms with Crippen molar-refractivity contribution in [3.8, 4) is 0 Å². The van der Waals surface area contributed by atoms with Crippen LogP contribution in [0.25, 0.3) is 10.4 Å². The Bertz CT molecular complexity index is 486. The first kappa shape index (κ1) is 16.0. The molecule has 0 aliphatic heterocycles. The zero-order valence-corrected chi connectivity index (χ0v) is 11.6. The van der Waals surface area contributed by atoms with Crippen LogP contribution >= 0.6 is 0 Å². The minimum Gasteiger partial charge on any atom is -0.468 e. The molecule has 1 N–H and O–H groups in total. The highest BCUT2D eigenvalue weighted by Crippen LogP contribution is 2.16. The average Bonchev–Trinajstić information content (AvgIpc) is 2.47. The van der Waals surface area contributed by atoms with Crippen LogP contribution in [-0.2, 0) is 20.9 Å². The lowest BCUT2D eigenvalue weighted by molar-refractivity contribution is -0.143. The molecule has 0 aliphatic carbocycles. The van der Waals surface area contributed by atoms with E-state index in [1.807, 2.05) is 24.3 Å². The van der Waals surface area contributed by atoms with Gasteiger partial charge in [-0.15, -0.1) is 0 Å². The van der Waals surface area contributed by atoms with Crippen LogP contribution in [0, 0.1) is 0 Å². The number of hydrogen-bond donors (Lipinski definition) is 1. The molecular formula is C13H18N4O3. The smallest absolute Gasteiger partial charge is 0.327 e. The largest absolute Gasteiger partial charge is 0.468 e. The van der Waals surface area contributed by atoms with Gasteiger partial charge in [0.1, 0.15) is 6.04 Å². The van der Waals surface area contributed by atoms with Gasteiger partial charge in [-0.2, -0.15) is 0 Å². The van der Waals surface area contributed by atoms with Crippen molar-refractivity contribution >= 4 is 5.97 Å². The predicted molar refractivity (Wildman–Crippen MR) is 73.9 cm³/mol. The molecule has 0 fully saturated rings. The summed E-state index contributed by atoms with van der Waals surface area (Å²) in [4.78, 5) is 14.5. The summed E-state index contributed by atoms with van der Waals surface area (Å²) in [5, 5.41) is 6.43. The van der Waals surface area contributed by atoms with E-state index in [-0.39, 0.29) is 12.5 Å². The van der Waals surface area contributed by atoms with Gasteiger partial charge in [0.2, 0.25) is 0 Å². The van der Waals surface area contributed by atoms with E-state index >= 15 is 0 Å². The Hall–Kier alpha value is -2.08. The van der Waals surface area contributed by atoms with Gasteiger partial charge in [0.05, 0.1) is 13.7 Å². The molecule has 0 spiro atoms. The standard InChI is InChI=1S/C13H18N4O3/c1-19-9-10-4-3-5-11(8-10)12(13(18)20-2)15-6-7-16-17-14/h3-5,8,12,15H,6-7,9H2,1-2H3. The molecule has 0 amide bonds. The topological polar surface area (TPSA) is 96.3 Å². The fourth-order valence-corrected chi connectivity index (χ4v) is 1.79. The highest BCUT2D eigenvalue weighted by molar-refractivity contribution is 5.77. The molecule has 7 heteroatoms. The summed E-state index contributed by atoms with van der Waals surface area (Å²) in [6.45, 7) is 1.13. The zero-order valence-electron chi connectivity index (χ0n) is 11.6. The number of hydrogen-bond acceptors (Lipinski definition) is 5. The van der Waals surface area contributed by atoms with Crippen LogP contribution < -0.4 is 5.32 Å². The molecular weight excluding hydrogens is 260 g/mol. The van der Waals surface area contributed by atoms with Crippen LogP contribution in [0.3, 0.4) is 0 Å². The number of esters is 1. The molecule has 0 heterocycles. The molecule has 7 nitrogen and oxygen atoms in total. The van der Waals surface area contributed by atoms with E-state index in [2.05, 4.69) is 15.3 Å². The predicted octanol–water partition coefficient (Wildman–Crippen LogP) is 1.95. The summed E-state index contributed by atoms with van der Waals surface area (Å²) in [5.74, 6) is -0.388. The number of rotatable bonds is 8. The Labute approximate surface area is 117 Å². The SMILES string of the molecule is COCc1cccc(C(NCCN=[N+]=[N-])C(=O)OC)c1. The molecule has 0 aromatic heterocycles. The van der Waals surface area contributed by atoms with E-state index in [0.29, 0.717) is 13.2 Å². The van der Waals surface area contributed by atoms with Gasteiger partial charge in [0.15, 0.2) is 0 Å². The first-order valence-electron chi connectivity index (χ1n) is 6.12. The second-order valence-corrected chi connectivity index (χ2v) is 4.04. The fourth-order valence-electron chi connectivity index (χ4n) is 1.79. The number of ether oxygens (including phenoxy) is 2. The molecule has 0 bridgehead atoms. The van der Waals surface area contributed by atoms with Crippen molar-refractivity contribution in [1.29, 1.82) is 0 Å². The summed E-state index contributed by atoms with van der Waals surface area (Å²) >= 11 is 0. The highest BCUT2D eigenvalue weighted by Gasteiger charge is 2.20. The number of methoxy groups -OCH3 is 2. The van der Waals surface area contributed by atoms with E-state index in [1.165, 1.54) is 7.11 Å². The summed E-state index contributed by atoms with van der Waals surface area (Å²) in [5.41, 5.74) is 9.98. The number of nitrogens with zero attached hydrogens (tertiary/aromatic N) is 3. The van der Waals surface area contributed by atoms with Crippen LogP contribution in [-0.4, -0.2) is 33.3 Å². The minimum atomic E-state index is -0.592. The number of benzene rings is 1. The molecule has 20 heavy (non-hydrogen) atoms. The van der Waals surface area contributed by atoms with Crippen LogP contribution in [0.15, 0.2) is 29.4 Å². The van der Waals surface area contributed by atoms with Crippen molar-refractivity contribution in [3.05, 3.63) is 45.8 Å². The van der Waals surface area contributed by atoms with E-state index in [9.17, 15) is 4.79 Å². The lowest BCUT2D eigenvalue weighted by Gasteiger charge is -2.17. The van der Waals surface area contributed by atoms with Crippen molar-refractivity contribution in [2.75, 3.05) is 27.3 Å². The molecule has 1 aromatic carbocycles. The Morgan fingerprint density at radius 3 is 2.95 bits per heavy atom. The summed E-state index contributed by atoms with van der Waals surface area (Å²) in [6, 6.07) is 6.90. The monoisotopic (exact) mass is 278 g/mol. The maximum atomic E-state index is 11.8. The van der Waals surface area contributed by atoms with Crippen molar-refractivity contribution < 1.29 is 14.3 Å². The second kappa shape index (κ2) is 8.92. The fraction of sp³-hybridized carbons (Fsp3) is 0.462. The third-order valence-electron chi connectivity index (χ3n) is 2.66. The van der Waals surface area contributed by atoms with Gasteiger partial charge in [-0.1, -0.05) is 29.4 Å². The van der Waals surface area contributed by atoms with Gasteiger partial charge >= 0.3 is 5.97 Å². The maximum Gasteiger partial charge on any atom is 0.327 e. The first-order valence-corrected chi connectivity index (χ1v) is 6.12. The highest BCUT2D eigenvalue weighted by atomic mass is 16.5. The quantitative estimate of drug-likeness (QED) is 0.258. The van der Waals surface area contributed by atoms with Crippen molar-refractivity contribution in [2.45, 2.75) is 12.6 Å². The van der Waals surface area contributed by atoms with Gasteiger partial charge in [-0.05, 0) is 16.7 Å². The Balaban J connectivity index is 2.83. The van der Waals surface area contributed by atoms with Gasteiger partial charge in [-0.25, -0.2) is 4.79 Å². The molecule has 1 aromatic rings. The minimum absolute atomic E-state index is 0.266. The van der Waals surface area contributed by atoms with Crippen LogP contribution in [0.2, 0.25) is 0 Å².